The van der Waals surface area contributed by atoms with Crippen LogP contribution in [0.5, 0.6) is 0 Å². The van der Waals surface area contributed by atoms with E-state index in [1.165, 1.54) is 0 Å². The molecule has 0 aliphatic carbocycles. The van der Waals surface area contributed by atoms with E-state index in [1.54, 1.807) is 6.07 Å². The van der Waals surface area contributed by atoms with Gasteiger partial charge in [-0.3, -0.25) is 9.48 Å². The number of rotatable bonds is 3. The summed E-state index contributed by atoms with van der Waals surface area (Å²) in [5.41, 5.74) is 11.7. The number of aromatic nitrogens is 4. The molecule has 7 heteroatoms. The Kier molecular flexibility index (Phi) is 4.58. The molecule has 0 unspecified atom stereocenters. The second-order valence-electron chi connectivity index (χ2n) is 7.76. The maximum atomic E-state index is 12.2. The van der Waals surface area contributed by atoms with Gasteiger partial charge in [-0.1, -0.05) is 30.3 Å². The Morgan fingerprint density at radius 1 is 1.09 bits per heavy atom. The Morgan fingerprint density at radius 3 is 2.72 bits per heavy atom. The molecular formula is C25H20N6O. The highest BCUT2D eigenvalue weighted by atomic mass is 16.1. The lowest BCUT2D eigenvalue weighted by Gasteiger charge is -2.14. The van der Waals surface area contributed by atoms with Gasteiger partial charge >= 0.3 is 0 Å². The first-order chi connectivity index (χ1) is 15.5. The predicted octanol–water partition coefficient (Wildman–Crippen LogP) is 3.78. The van der Waals surface area contributed by atoms with E-state index in [2.05, 4.69) is 21.4 Å². The molecule has 2 aromatic heterocycles. The van der Waals surface area contributed by atoms with Crippen molar-refractivity contribution in [1.82, 2.24) is 20.0 Å². The topological polar surface area (TPSA) is 113 Å². The third-order valence-electron chi connectivity index (χ3n) is 5.94. The van der Waals surface area contributed by atoms with Gasteiger partial charge in [-0.15, -0.1) is 0 Å². The van der Waals surface area contributed by atoms with Crippen LogP contribution in [-0.2, 0) is 13.6 Å². The van der Waals surface area contributed by atoms with Crippen molar-refractivity contribution in [1.29, 1.82) is 5.26 Å². The Bertz CT molecular complexity index is 1620. The van der Waals surface area contributed by atoms with Crippen molar-refractivity contribution < 1.29 is 0 Å². The molecule has 5 rings (SSSR count). The Morgan fingerprint density at radius 2 is 1.94 bits per heavy atom. The number of H-pyrrole nitrogens is 1. The Labute approximate surface area is 183 Å². The molecule has 32 heavy (non-hydrogen) atoms. The van der Waals surface area contributed by atoms with Crippen LogP contribution in [0.3, 0.4) is 0 Å². The first-order valence-corrected chi connectivity index (χ1v) is 10.2. The largest absolute Gasteiger partial charge is 0.325 e. The Balaban J connectivity index is 1.82. The van der Waals surface area contributed by atoms with E-state index in [1.807, 2.05) is 67.3 Å². The fourth-order valence-corrected chi connectivity index (χ4v) is 4.40. The van der Waals surface area contributed by atoms with Gasteiger partial charge in [0, 0.05) is 35.5 Å². The van der Waals surface area contributed by atoms with E-state index >= 15 is 0 Å². The molecule has 0 bridgehead atoms. The van der Waals surface area contributed by atoms with Crippen LogP contribution in [-0.4, -0.2) is 20.0 Å². The fourth-order valence-electron chi connectivity index (χ4n) is 4.40. The zero-order valence-corrected chi connectivity index (χ0v) is 17.7. The number of nitrogens with zero attached hydrogens (tertiary/aromatic N) is 4. The smallest absolute Gasteiger partial charge is 0.272 e. The number of nitrogens with two attached hydrogens (primary N) is 1. The van der Waals surface area contributed by atoms with Crippen molar-refractivity contribution in [3.63, 3.8) is 0 Å². The summed E-state index contributed by atoms with van der Waals surface area (Å²) in [5, 5.41) is 24.0. The second kappa shape index (κ2) is 7.45. The van der Waals surface area contributed by atoms with E-state index in [0.717, 1.165) is 44.1 Å². The van der Waals surface area contributed by atoms with E-state index < -0.39 is 0 Å². The molecule has 0 amide bonds. The average Bonchev–Trinajstić information content (AvgIpc) is 3.20. The molecule has 7 nitrogen and oxygen atoms in total. The predicted molar refractivity (Wildman–Crippen MR) is 125 cm³/mol. The summed E-state index contributed by atoms with van der Waals surface area (Å²) in [6.45, 7) is 2.26. The van der Waals surface area contributed by atoms with Crippen LogP contribution in [0, 0.1) is 18.3 Å². The molecule has 3 aromatic carbocycles. The molecule has 2 heterocycles. The summed E-state index contributed by atoms with van der Waals surface area (Å²) in [6.07, 6.45) is 1.82. The van der Waals surface area contributed by atoms with Gasteiger partial charge in [0.25, 0.3) is 5.56 Å². The Hall–Kier alpha value is -4.28. The maximum absolute atomic E-state index is 12.2. The van der Waals surface area contributed by atoms with E-state index in [9.17, 15) is 10.1 Å². The number of aromatic amines is 1. The van der Waals surface area contributed by atoms with Crippen molar-refractivity contribution in [3.8, 4) is 28.5 Å². The van der Waals surface area contributed by atoms with Gasteiger partial charge in [0.1, 0.15) is 0 Å². The van der Waals surface area contributed by atoms with E-state index in [0.29, 0.717) is 16.6 Å². The number of hydrogen-bond donors (Lipinski definition) is 2. The average molecular weight is 420 g/mol. The lowest BCUT2D eigenvalue weighted by Crippen LogP contribution is -2.13. The molecule has 0 spiro atoms. The SMILES string of the molecule is Cc1cccc2c(C#N)ccc(-c3c(-c4ccc5c(=O)[nH]nc(CN)c5c4)cnn3C)c12. The molecule has 0 atom stereocenters. The van der Waals surface area contributed by atoms with E-state index in [-0.39, 0.29) is 12.1 Å². The first kappa shape index (κ1) is 19.7. The van der Waals surface area contributed by atoms with Gasteiger partial charge in [-0.2, -0.15) is 15.5 Å². The number of fused-ring (bicyclic) bond motifs is 2. The van der Waals surface area contributed by atoms with Crippen LogP contribution < -0.4 is 11.3 Å². The monoisotopic (exact) mass is 420 g/mol. The number of nitrogens with one attached hydrogen (secondary N) is 1. The van der Waals surface area contributed by atoms with Crippen molar-refractivity contribution in [2.45, 2.75) is 13.5 Å². The summed E-state index contributed by atoms with van der Waals surface area (Å²) in [7, 11) is 1.90. The molecule has 5 aromatic rings. The van der Waals surface area contributed by atoms with E-state index in [4.69, 9.17) is 5.73 Å². The third kappa shape index (κ3) is 2.89. The highest BCUT2D eigenvalue weighted by Crippen LogP contribution is 2.38. The van der Waals surface area contributed by atoms with Crippen LogP contribution in [0.25, 0.3) is 43.9 Å². The summed E-state index contributed by atoms with van der Waals surface area (Å²) < 4.78 is 1.84. The quantitative estimate of drug-likeness (QED) is 0.461. The number of benzene rings is 3. The minimum absolute atomic E-state index is 0.218. The van der Waals surface area contributed by atoms with Crippen LogP contribution >= 0.6 is 0 Å². The minimum Gasteiger partial charge on any atom is -0.325 e. The zero-order valence-electron chi connectivity index (χ0n) is 17.7. The highest BCUT2D eigenvalue weighted by Gasteiger charge is 2.18. The molecule has 0 saturated heterocycles. The summed E-state index contributed by atoms with van der Waals surface area (Å²) in [4.78, 5) is 12.2. The van der Waals surface area contributed by atoms with Crippen molar-refractivity contribution >= 4 is 21.5 Å². The number of hydrogen-bond acceptors (Lipinski definition) is 5. The molecule has 0 aliphatic heterocycles. The summed E-state index contributed by atoms with van der Waals surface area (Å²) in [6, 6.07) is 17.8. The zero-order chi connectivity index (χ0) is 22.4. The van der Waals surface area contributed by atoms with Gasteiger partial charge < -0.3 is 5.73 Å². The third-order valence-corrected chi connectivity index (χ3v) is 5.94. The van der Waals surface area contributed by atoms with Gasteiger partial charge in [-0.05, 0) is 41.6 Å². The van der Waals surface area contributed by atoms with Gasteiger partial charge in [0.15, 0.2) is 0 Å². The normalized spacial score (nSPS) is 11.2. The lowest BCUT2D eigenvalue weighted by molar-refractivity contribution is 0.776. The highest BCUT2D eigenvalue weighted by molar-refractivity contribution is 6.04. The molecule has 0 aliphatic rings. The molecule has 156 valence electrons. The minimum atomic E-state index is -0.246. The van der Waals surface area contributed by atoms with Crippen LogP contribution in [0.1, 0.15) is 16.8 Å². The van der Waals surface area contributed by atoms with Gasteiger partial charge in [0.2, 0.25) is 0 Å². The molecule has 0 saturated carbocycles. The number of nitriles is 1. The van der Waals surface area contributed by atoms with Crippen LogP contribution in [0.4, 0.5) is 0 Å². The van der Waals surface area contributed by atoms with Gasteiger partial charge in [0.05, 0.1) is 34.6 Å². The molecule has 0 fully saturated rings. The van der Waals surface area contributed by atoms with Crippen molar-refractivity contribution in [2.75, 3.05) is 0 Å². The van der Waals surface area contributed by atoms with Crippen molar-refractivity contribution in [3.05, 3.63) is 81.9 Å². The first-order valence-electron chi connectivity index (χ1n) is 10.2. The summed E-state index contributed by atoms with van der Waals surface area (Å²) >= 11 is 0. The summed E-state index contributed by atoms with van der Waals surface area (Å²) in [5.74, 6) is 0. The van der Waals surface area contributed by atoms with Crippen LogP contribution in [0.15, 0.2) is 59.5 Å². The maximum Gasteiger partial charge on any atom is 0.272 e. The molecule has 3 N–H and O–H groups in total. The number of aryl methyl sites for hydroxylation is 2. The van der Waals surface area contributed by atoms with Gasteiger partial charge in [-0.25, -0.2) is 5.10 Å². The fraction of sp³-hybridized carbons (Fsp3) is 0.120. The lowest BCUT2D eigenvalue weighted by atomic mass is 9.92. The molecule has 0 radical (unpaired) electrons. The standard InChI is InChI=1S/C25H20N6O/c1-14-4-3-5-17-16(11-26)7-9-19(23(14)17)24-21(13-28-31(24)2)15-6-8-18-20(10-15)22(12-27)29-30-25(18)32/h3-10,13H,12,27H2,1-2H3,(H,30,32). The second-order valence-corrected chi connectivity index (χ2v) is 7.76. The molecular weight excluding hydrogens is 400 g/mol. The van der Waals surface area contributed by atoms with Crippen LogP contribution in [0.2, 0.25) is 0 Å². The van der Waals surface area contributed by atoms with Crippen molar-refractivity contribution in [2.24, 2.45) is 12.8 Å².